The number of nitro benzene ring substituents is 1. The summed E-state index contributed by atoms with van der Waals surface area (Å²) in [6, 6.07) is 13.4. The number of rotatable bonds is 6. The fraction of sp³-hybridized carbons (Fsp3) is 0.158. The highest BCUT2D eigenvalue weighted by Crippen LogP contribution is 2.33. The minimum atomic E-state index is -0.496. The van der Waals surface area contributed by atoms with Crippen molar-refractivity contribution in [2.45, 2.75) is 19.8 Å². The van der Waals surface area contributed by atoms with E-state index in [0.717, 1.165) is 33.4 Å². The molecule has 1 aromatic heterocycles. The molecule has 138 valence electrons. The first-order valence-corrected chi connectivity index (χ1v) is 9.90. The van der Waals surface area contributed by atoms with Crippen molar-refractivity contribution in [1.29, 1.82) is 0 Å². The monoisotopic (exact) mass is 445 g/mol. The van der Waals surface area contributed by atoms with Gasteiger partial charge in [0, 0.05) is 32.6 Å². The number of carbonyl (C=O) groups is 1. The van der Waals surface area contributed by atoms with Gasteiger partial charge in [-0.05, 0) is 30.7 Å². The van der Waals surface area contributed by atoms with Crippen LogP contribution in [0.15, 0.2) is 53.0 Å². The van der Waals surface area contributed by atoms with Crippen molar-refractivity contribution < 1.29 is 9.72 Å². The van der Waals surface area contributed by atoms with E-state index in [-0.39, 0.29) is 11.6 Å². The third-order valence-electron chi connectivity index (χ3n) is 3.85. The van der Waals surface area contributed by atoms with Crippen molar-refractivity contribution >= 4 is 44.0 Å². The molecule has 0 aliphatic rings. The Hall–Kier alpha value is -2.58. The molecule has 0 fully saturated rings. The second-order valence-electron chi connectivity index (χ2n) is 5.81. The summed E-state index contributed by atoms with van der Waals surface area (Å²) >= 11 is 4.88. The largest absolute Gasteiger partial charge is 0.298 e. The number of nitrogens with zero attached hydrogens (tertiary/aromatic N) is 2. The van der Waals surface area contributed by atoms with Crippen LogP contribution in [0.3, 0.4) is 0 Å². The Morgan fingerprint density at radius 2 is 1.85 bits per heavy atom. The maximum absolute atomic E-state index is 12.4. The van der Waals surface area contributed by atoms with Gasteiger partial charge in [-0.15, -0.1) is 11.3 Å². The first-order valence-electron chi connectivity index (χ1n) is 8.29. The van der Waals surface area contributed by atoms with Crippen LogP contribution in [0.25, 0.3) is 11.3 Å². The fourth-order valence-corrected chi connectivity index (χ4v) is 3.88. The van der Waals surface area contributed by atoms with Gasteiger partial charge in [0.1, 0.15) is 0 Å². The molecule has 0 saturated heterocycles. The molecule has 27 heavy (non-hydrogen) atoms. The molecule has 0 unspecified atom stereocenters. The highest BCUT2D eigenvalue weighted by atomic mass is 79.9. The number of aryl methyl sites for hydroxylation is 1. The lowest BCUT2D eigenvalue weighted by molar-refractivity contribution is -0.384. The van der Waals surface area contributed by atoms with Gasteiger partial charge in [-0.2, -0.15) is 0 Å². The molecule has 1 N–H and O–H groups in total. The molecule has 3 aromatic rings. The molecule has 0 aliphatic carbocycles. The molecule has 8 heteroatoms. The molecule has 0 spiro atoms. The number of benzene rings is 2. The van der Waals surface area contributed by atoms with Gasteiger partial charge in [0.05, 0.1) is 10.6 Å². The number of nitro groups is 1. The molecule has 0 atom stereocenters. The summed E-state index contributed by atoms with van der Waals surface area (Å²) in [7, 11) is 0. The number of non-ortho nitro benzene ring substituents is 1. The minimum Gasteiger partial charge on any atom is -0.298 e. The van der Waals surface area contributed by atoms with Crippen LogP contribution in [0.4, 0.5) is 10.8 Å². The van der Waals surface area contributed by atoms with E-state index in [1.807, 2.05) is 24.3 Å². The second kappa shape index (κ2) is 8.41. The quantitative estimate of drug-likeness (QED) is 0.390. The van der Waals surface area contributed by atoms with E-state index < -0.39 is 4.92 Å². The van der Waals surface area contributed by atoms with Crippen LogP contribution >= 0.6 is 27.3 Å². The van der Waals surface area contributed by atoms with Gasteiger partial charge in [-0.3, -0.25) is 20.2 Å². The van der Waals surface area contributed by atoms with Gasteiger partial charge in [0.15, 0.2) is 5.13 Å². The predicted octanol–water partition coefficient (Wildman–Crippen LogP) is 5.69. The highest BCUT2D eigenvalue weighted by molar-refractivity contribution is 9.10. The standard InChI is InChI=1S/C19H16BrN3O3S/c1-2-3-16-17(12-4-8-14(20)9-5-12)21-19(27-16)22-18(24)13-6-10-15(11-7-13)23(25)26/h4-11H,2-3H2,1H3,(H,21,22,24). The first kappa shape index (κ1) is 19.2. The average Bonchev–Trinajstić information content (AvgIpc) is 3.05. The van der Waals surface area contributed by atoms with Crippen molar-refractivity contribution in [2.75, 3.05) is 5.32 Å². The molecule has 0 saturated carbocycles. The van der Waals surface area contributed by atoms with E-state index in [1.54, 1.807) is 0 Å². The summed E-state index contributed by atoms with van der Waals surface area (Å²) < 4.78 is 0.991. The summed E-state index contributed by atoms with van der Waals surface area (Å²) in [4.78, 5) is 28.4. The molecule has 0 radical (unpaired) electrons. The molecule has 2 aromatic carbocycles. The normalized spacial score (nSPS) is 10.6. The third-order valence-corrected chi connectivity index (χ3v) is 5.41. The third kappa shape index (κ3) is 4.58. The zero-order valence-electron chi connectivity index (χ0n) is 14.4. The number of aromatic nitrogens is 1. The van der Waals surface area contributed by atoms with Gasteiger partial charge in [0.2, 0.25) is 0 Å². The van der Waals surface area contributed by atoms with Crippen molar-refractivity contribution in [3.63, 3.8) is 0 Å². The summed E-state index contributed by atoms with van der Waals surface area (Å²) in [5.74, 6) is -0.343. The zero-order valence-corrected chi connectivity index (χ0v) is 16.8. The minimum absolute atomic E-state index is 0.0523. The lowest BCUT2D eigenvalue weighted by atomic mass is 10.1. The number of hydrogen-bond donors (Lipinski definition) is 1. The SMILES string of the molecule is CCCc1sc(NC(=O)c2ccc([N+](=O)[O-])cc2)nc1-c1ccc(Br)cc1. The van der Waals surface area contributed by atoms with Gasteiger partial charge in [0.25, 0.3) is 11.6 Å². The second-order valence-corrected chi connectivity index (χ2v) is 7.81. The summed E-state index contributed by atoms with van der Waals surface area (Å²) in [5, 5.41) is 14.0. The summed E-state index contributed by atoms with van der Waals surface area (Å²) in [5.41, 5.74) is 2.16. The van der Waals surface area contributed by atoms with Crippen LogP contribution < -0.4 is 5.32 Å². The van der Waals surface area contributed by atoms with E-state index in [2.05, 4.69) is 33.2 Å². The van der Waals surface area contributed by atoms with E-state index in [4.69, 9.17) is 0 Å². The lowest BCUT2D eigenvalue weighted by Gasteiger charge is -2.02. The van der Waals surface area contributed by atoms with Crippen LogP contribution in [0.2, 0.25) is 0 Å². The molecule has 1 amide bonds. The Labute approximate surface area is 168 Å². The zero-order chi connectivity index (χ0) is 19.4. The van der Waals surface area contributed by atoms with Gasteiger partial charge in [-0.1, -0.05) is 41.4 Å². The molecule has 1 heterocycles. The van der Waals surface area contributed by atoms with Gasteiger partial charge < -0.3 is 0 Å². The number of thiazole rings is 1. The molecular weight excluding hydrogens is 430 g/mol. The van der Waals surface area contributed by atoms with E-state index in [9.17, 15) is 14.9 Å². The maximum Gasteiger partial charge on any atom is 0.269 e. The Balaban J connectivity index is 1.84. The van der Waals surface area contributed by atoms with E-state index in [1.165, 1.54) is 35.6 Å². The molecule has 3 rings (SSSR count). The van der Waals surface area contributed by atoms with Crippen LogP contribution in [0.5, 0.6) is 0 Å². The number of amides is 1. The Bertz CT molecular complexity index is 969. The number of carbonyl (C=O) groups excluding carboxylic acids is 1. The lowest BCUT2D eigenvalue weighted by Crippen LogP contribution is -2.11. The number of nitrogens with one attached hydrogen (secondary N) is 1. The first-order chi connectivity index (χ1) is 13.0. The molecule has 6 nitrogen and oxygen atoms in total. The molecular formula is C19H16BrN3O3S. The Morgan fingerprint density at radius 3 is 2.44 bits per heavy atom. The van der Waals surface area contributed by atoms with E-state index in [0.29, 0.717) is 10.7 Å². The van der Waals surface area contributed by atoms with Crippen LogP contribution in [-0.4, -0.2) is 15.8 Å². The Morgan fingerprint density at radius 1 is 1.19 bits per heavy atom. The average molecular weight is 446 g/mol. The van der Waals surface area contributed by atoms with Crippen LogP contribution in [0, 0.1) is 10.1 Å². The maximum atomic E-state index is 12.4. The van der Waals surface area contributed by atoms with Crippen LogP contribution in [0.1, 0.15) is 28.6 Å². The van der Waals surface area contributed by atoms with Gasteiger partial charge in [-0.25, -0.2) is 4.98 Å². The van der Waals surface area contributed by atoms with Crippen molar-refractivity contribution in [3.8, 4) is 11.3 Å². The predicted molar refractivity (Wildman–Crippen MR) is 110 cm³/mol. The van der Waals surface area contributed by atoms with Crippen LogP contribution in [-0.2, 0) is 6.42 Å². The smallest absolute Gasteiger partial charge is 0.269 e. The van der Waals surface area contributed by atoms with Crippen molar-refractivity contribution in [2.24, 2.45) is 0 Å². The topological polar surface area (TPSA) is 85.1 Å². The number of hydrogen-bond acceptors (Lipinski definition) is 5. The summed E-state index contributed by atoms with van der Waals surface area (Å²) in [6.07, 6.45) is 1.85. The number of halogens is 1. The molecule has 0 aliphatic heterocycles. The van der Waals surface area contributed by atoms with Crippen molar-refractivity contribution in [3.05, 3.63) is 73.6 Å². The van der Waals surface area contributed by atoms with E-state index >= 15 is 0 Å². The van der Waals surface area contributed by atoms with Crippen molar-refractivity contribution in [1.82, 2.24) is 4.98 Å². The number of anilines is 1. The summed E-state index contributed by atoms with van der Waals surface area (Å²) in [6.45, 7) is 2.10. The highest BCUT2D eigenvalue weighted by Gasteiger charge is 2.16. The Kier molecular flexibility index (Phi) is 5.98. The molecule has 0 bridgehead atoms. The fourth-order valence-electron chi connectivity index (χ4n) is 2.54. The van der Waals surface area contributed by atoms with Gasteiger partial charge >= 0.3 is 0 Å².